The predicted octanol–water partition coefficient (Wildman–Crippen LogP) is 6.61. The third kappa shape index (κ3) is 2.13. The fourth-order valence-electron chi connectivity index (χ4n) is 8.81. The van der Waals surface area contributed by atoms with Crippen LogP contribution in [-0.4, -0.2) is 11.2 Å². The summed E-state index contributed by atoms with van der Waals surface area (Å²) in [6, 6.07) is 0. The molecule has 3 saturated carbocycles. The summed E-state index contributed by atoms with van der Waals surface area (Å²) < 4.78 is 0. The highest BCUT2D eigenvalue weighted by Crippen LogP contribution is 2.73. The number of allylic oxidation sites excluding steroid dienone is 2. The molecule has 148 valence electrons. The van der Waals surface area contributed by atoms with Crippen LogP contribution >= 0.6 is 0 Å². The van der Waals surface area contributed by atoms with Gasteiger partial charge in [0.15, 0.2) is 0 Å². The number of rotatable bonds is 1. The van der Waals surface area contributed by atoms with Crippen molar-refractivity contribution in [2.24, 2.45) is 45.3 Å². The van der Waals surface area contributed by atoms with Crippen LogP contribution in [0.3, 0.4) is 0 Å². The van der Waals surface area contributed by atoms with Gasteiger partial charge in [-0.05, 0) is 90.3 Å². The van der Waals surface area contributed by atoms with Crippen molar-refractivity contribution in [3.05, 3.63) is 11.6 Å². The Hall–Kier alpha value is -0.300. The summed E-state index contributed by atoms with van der Waals surface area (Å²) in [5, 5.41) is 10.7. The Morgan fingerprint density at radius 2 is 1.65 bits per heavy atom. The quantitative estimate of drug-likeness (QED) is 0.523. The highest BCUT2D eigenvalue weighted by atomic mass is 16.3. The van der Waals surface area contributed by atoms with Gasteiger partial charge in [0.2, 0.25) is 0 Å². The zero-order chi connectivity index (χ0) is 19.1. The number of aliphatic hydroxyl groups is 1. The predicted molar refractivity (Wildman–Crippen MR) is 110 cm³/mol. The Kier molecular flexibility index (Phi) is 4.11. The summed E-state index contributed by atoms with van der Waals surface area (Å²) in [6.45, 7) is 17.4. The van der Waals surface area contributed by atoms with Crippen LogP contribution in [0.1, 0.15) is 93.4 Å². The van der Waals surface area contributed by atoms with Crippen LogP contribution in [-0.2, 0) is 0 Å². The smallest absolute Gasteiger partial charge is 0.0594 e. The maximum atomic E-state index is 10.7. The van der Waals surface area contributed by atoms with Gasteiger partial charge in [0.1, 0.15) is 0 Å². The van der Waals surface area contributed by atoms with Crippen LogP contribution in [0, 0.1) is 45.3 Å². The first-order valence-electron chi connectivity index (χ1n) is 11.4. The molecular weight excluding hydrogens is 316 g/mol. The van der Waals surface area contributed by atoms with E-state index in [0.717, 1.165) is 24.2 Å². The lowest BCUT2D eigenvalue weighted by atomic mass is 9.41. The van der Waals surface area contributed by atoms with E-state index < -0.39 is 0 Å². The molecule has 0 spiro atoms. The molecule has 1 heteroatoms. The molecule has 0 aromatic carbocycles. The van der Waals surface area contributed by atoms with E-state index in [1.54, 1.807) is 0 Å². The second-order valence-electron chi connectivity index (χ2n) is 12.1. The van der Waals surface area contributed by atoms with Gasteiger partial charge in [0, 0.05) is 0 Å². The van der Waals surface area contributed by atoms with Crippen molar-refractivity contribution in [3.8, 4) is 0 Å². The van der Waals surface area contributed by atoms with Crippen molar-refractivity contribution < 1.29 is 5.11 Å². The molecule has 0 heterocycles. The third-order valence-corrected chi connectivity index (χ3v) is 10.7. The summed E-state index contributed by atoms with van der Waals surface area (Å²) in [6.07, 6.45) is 11.5. The van der Waals surface area contributed by atoms with Gasteiger partial charge >= 0.3 is 0 Å². The zero-order valence-corrected chi connectivity index (χ0v) is 18.4. The van der Waals surface area contributed by atoms with Crippen LogP contribution < -0.4 is 0 Å². The van der Waals surface area contributed by atoms with E-state index in [2.05, 4.69) is 54.5 Å². The molecule has 0 unspecified atom stereocenters. The Balaban J connectivity index is 1.76. The Bertz CT molecular complexity index is 616. The van der Waals surface area contributed by atoms with Gasteiger partial charge in [-0.15, -0.1) is 0 Å². The largest absolute Gasteiger partial charge is 0.393 e. The van der Waals surface area contributed by atoms with E-state index in [1.807, 2.05) is 5.57 Å². The van der Waals surface area contributed by atoms with Crippen molar-refractivity contribution in [3.63, 3.8) is 0 Å². The second-order valence-corrected chi connectivity index (χ2v) is 12.1. The van der Waals surface area contributed by atoms with Crippen molar-refractivity contribution in [2.45, 2.75) is 99.5 Å². The first kappa shape index (κ1) is 19.0. The molecule has 0 bridgehead atoms. The Morgan fingerprint density at radius 1 is 0.962 bits per heavy atom. The van der Waals surface area contributed by atoms with E-state index in [4.69, 9.17) is 0 Å². The van der Waals surface area contributed by atoms with Gasteiger partial charge in [-0.3, -0.25) is 0 Å². The molecule has 0 aliphatic heterocycles. The molecule has 4 rings (SSSR count). The van der Waals surface area contributed by atoms with Gasteiger partial charge in [-0.2, -0.15) is 0 Å². The Morgan fingerprint density at radius 3 is 2.31 bits per heavy atom. The monoisotopic (exact) mass is 358 g/mol. The molecule has 0 aromatic heterocycles. The molecule has 0 radical (unpaired) electrons. The fraction of sp³-hybridized carbons (Fsp3) is 0.920. The van der Waals surface area contributed by atoms with Crippen LogP contribution in [0.25, 0.3) is 0 Å². The first-order chi connectivity index (χ1) is 12.0. The van der Waals surface area contributed by atoms with Gasteiger partial charge in [0.25, 0.3) is 0 Å². The third-order valence-electron chi connectivity index (χ3n) is 10.7. The lowest BCUT2D eigenvalue weighted by Crippen LogP contribution is -2.58. The van der Waals surface area contributed by atoms with Crippen LogP contribution in [0.2, 0.25) is 0 Å². The molecule has 0 amide bonds. The maximum absolute atomic E-state index is 10.7. The molecule has 1 N–H and O–H groups in total. The van der Waals surface area contributed by atoms with E-state index >= 15 is 0 Å². The minimum Gasteiger partial charge on any atom is -0.393 e. The first-order valence-corrected chi connectivity index (χ1v) is 11.4. The van der Waals surface area contributed by atoms with Crippen molar-refractivity contribution in [1.82, 2.24) is 0 Å². The normalized spacial score (nSPS) is 52.9. The van der Waals surface area contributed by atoms with Crippen molar-refractivity contribution >= 4 is 0 Å². The second kappa shape index (κ2) is 5.62. The summed E-state index contributed by atoms with van der Waals surface area (Å²) in [5.74, 6) is 3.05. The Labute approximate surface area is 162 Å². The minimum absolute atomic E-state index is 0.0484. The van der Waals surface area contributed by atoms with Gasteiger partial charge in [-0.1, -0.05) is 60.1 Å². The topological polar surface area (TPSA) is 20.2 Å². The minimum atomic E-state index is -0.128. The van der Waals surface area contributed by atoms with Crippen LogP contribution in [0.5, 0.6) is 0 Å². The molecule has 0 saturated heterocycles. The SMILES string of the molecule is CC(C)[C@@H]1CC[C@]2(C)C3=CC[C@H]4C(C)(C)[C@@H](O)CC[C@]4(C)[C@H]3CC[C@@]12C. The summed E-state index contributed by atoms with van der Waals surface area (Å²) in [7, 11) is 0. The average Bonchev–Trinajstić information content (AvgIpc) is 2.84. The summed E-state index contributed by atoms with van der Waals surface area (Å²) in [5.41, 5.74) is 3.15. The maximum Gasteiger partial charge on any atom is 0.0594 e. The number of fused-ring (bicyclic) bond motifs is 5. The average molecular weight is 359 g/mol. The fourth-order valence-corrected chi connectivity index (χ4v) is 8.81. The zero-order valence-electron chi connectivity index (χ0n) is 18.4. The molecule has 1 nitrogen and oxygen atoms in total. The molecule has 4 aliphatic carbocycles. The lowest BCUT2D eigenvalue weighted by Gasteiger charge is -2.64. The number of aliphatic hydroxyl groups excluding tert-OH is 1. The molecule has 0 aromatic rings. The highest BCUT2D eigenvalue weighted by molar-refractivity contribution is 5.33. The van der Waals surface area contributed by atoms with E-state index in [9.17, 15) is 5.11 Å². The van der Waals surface area contributed by atoms with Gasteiger partial charge < -0.3 is 5.11 Å². The lowest BCUT2D eigenvalue weighted by molar-refractivity contribution is -0.131. The van der Waals surface area contributed by atoms with Crippen molar-refractivity contribution in [1.29, 1.82) is 0 Å². The summed E-state index contributed by atoms with van der Waals surface area (Å²) >= 11 is 0. The van der Waals surface area contributed by atoms with E-state index in [-0.39, 0.29) is 11.5 Å². The van der Waals surface area contributed by atoms with Gasteiger partial charge in [0.05, 0.1) is 6.10 Å². The van der Waals surface area contributed by atoms with E-state index in [0.29, 0.717) is 22.2 Å². The summed E-state index contributed by atoms with van der Waals surface area (Å²) in [4.78, 5) is 0. The van der Waals surface area contributed by atoms with Crippen molar-refractivity contribution in [2.75, 3.05) is 0 Å². The molecular formula is C25H42O. The molecule has 7 atom stereocenters. The molecule has 26 heavy (non-hydrogen) atoms. The standard InChI is InChI=1S/C25H42O/c1-16(2)17-10-14-25(7)19-8-9-20-22(3,4)21(26)12-13-23(20,5)18(19)11-15-24(17,25)6/h8,16-18,20-21,26H,9-15H2,1-7H3/t17-,18-,20-,21-,23+,24-,25+/m0/s1. The van der Waals surface area contributed by atoms with Gasteiger partial charge in [-0.25, -0.2) is 0 Å². The highest BCUT2D eigenvalue weighted by Gasteiger charge is 2.64. The number of hydrogen-bond acceptors (Lipinski definition) is 1. The van der Waals surface area contributed by atoms with Crippen LogP contribution in [0.4, 0.5) is 0 Å². The van der Waals surface area contributed by atoms with E-state index in [1.165, 1.54) is 38.5 Å². The molecule has 4 aliphatic rings. The van der Waals surface area contributed by atoms with Crippen LogP contribution in [0.15, 0.2) is 11.6 Å². The molecule has 3 fully saturated rings. The number of hydrogen-bond donors (Lipinski definition) is 1.